The van der Waals surface area contributed by atoms with Crippen LogP contribution in [0.15, 0.2) is 67.1 Å². The van der Waals surface area contributed by atoms with Crippen molar-refractivity contribution in [2.24, 2.45) is 0 Å². The molecule has 0 fully saturated rings. The average Bonchev–Trinajstić information content (AvgIpc) is 3.29. The van der Waals surface area contributed by atoms with E-state index in [1.807, 2.05) is 79.2 Å². The number of nitrogens with one attached hydrogen (secondary N) is 2. The van der Waals surface area contributed by atoms with Gasteiger partial charge < -0.3 is 24.7 Å². The molecular weight excluding hydrogens is 444 g/mol. The Morgan fingerprint density at radius 1 is 1.03 bits per heavy atom. The van der Waals surface area contributed by atoms with Crippen LogP contribution in [0.4, 0.5) is 11.6 Å². The predicted octanol–water partition coefficient (Wildman–Crippen LogP) is 3.86. The first-order valence-corrected chi connectivity index (χ1v) is 11.2. The lowest BCUT2D eigenvalue weighted by atomic mass is 10.2. The zero-order valence-electron chi connectivity index (χ0n) is 20.0. The number of esters is 1. The number of benzene rings is 2. The largest absolute Gasteiger partial charge is 0.494 e. The van der Waals surface area contributed by atoms with E-state index in [0.29, 0.717) is 18.2 Å². The lowest BCUT2D eigenvalue weighted by molar-refractivity contribution is -0.143. The number of imidazole rings is 1. The molecule has 0 radical (unpaired) electrons. The van der Waals surface area contributed by atoms with Gasteiger partial charge >= 0.3 is 5.97 Å². The number of rotatable bonds is 10. The summed E-state index contributed by atoms with van der Waals surface area (Å²) in [5, 5.41) is 6.32. The number of nitrogens with zero attached hydrogens (tertiary/aromatic N) is 4. The van der Waals surface area contributed by atoms with E-state index < -0.39 is 0 Å². The maximum Gasteiger partial charge on any atom is 0.320 e. The van der Waals surface area contributed by atoms with Gasteiger partial charge in [0.1, 0.15) is 12.4 Å². The molecule has 0 bridgehead atoms. The molecular formula is C26H28N6O3. The molecule has 4 rings (SSSR count). The average molecular weight is 473 g/mol. The highest BCUT2D eigenvalue weighted by atomic mass is 16.5. The van der Waals surface area contributed by atoms with E-state index in [1.165, 1.54) is 0 Å². The fourth-order valence-corrected chi connectivity index (χ4v) is 3.51. The number of hydrogen-bond acceptors (Lipinski definition) is 8. The molecule has 0 aliphatic rings. The second-order valence-electron chi connectivity index (χ2n) is 8.01. The predicted molar refractivity (Wildman–Crippen MR) is 133 cm³/mol. The summed E-state index contributed by atoms with van der Waals surface area (Å²) in [6, 6.07) is 17.2. The second kappa shape index (κ2) is 11.3. The summed E-state index contributed by atoms with van der Waals surface area (Å²) < 4.78 is 12.8. The lowest BCUT2D eigenvalue weighted by Gasteiger charge is -2.13. The topological polar surface area (TPSA) is 103 Å². The van der Waals surface area contributed by atoms with Gasteiger partial charge in [0.25, 0.3) is 0 Å². The van der Waals surface area contributed by atoms with E-state index in [9.17, 15) is 4.79 Å². The number of methoxy groups -OCH3 is 1. The fourth-order valence-electron chi connectivity index (χ4n) is 3.51. The number of ether oxygens (including phenoxy) is 2. The van der Waals surface area contributed by atoms with E-state index in [1.54, 1.807) is 13.4 Å². The van der Waals surface area contributed by atoms with Gasteiger partial charge in [0.05, 0.1) is 37.1 Å². The minimum absolute atomic E-state index is 0.0883. The van der Waals surface area contributed by atoms with Crippen molar-refractivity contribution in [2.75, 3.05) is 19.0 Å². The van der Waals surface area contributed by atoms with Crippen LogP contribution >= 0.6 is 0 Å². The lowest BCUT2D eigenvalue weighted by Crippen LogP contribution is -2.25. The quantitative estimate of drug-likeness (QED) is 0.335. The molecule has 0 amide bonds. The summed E-state index contributed by atoms with van der Waals surface area (Å²) in [4.78, 5) is 25.3. The van der Waals surface area contributed by atoms with Crippen molar-refractivity contribution in [2.45, 2.75) is 27.0 Å². The number of aryl methyl sites for hydroxylation is 2. The van der Waals surface area contributed by atoms with E-state index in [0.717, 1.165) is 34.0 Å². The van der Waals surface area contributed by atoms with Crippen molar-refractivity contribution in [3.8, 4) is 11.4 Å². The molecule has 35 heavy (non-hydrogen) atoms. The Hall–Kier alpha value is -4.24. The summed E-state index contributed by atoms with van der Waals surface area (Å²) in [5.74, 6) is 0.830. The highest BCUT2D eigenvalue weighted by Crippen LogP contribution is 2.28. The van der Waals surface area contributed by atoms with Crippen LogP contribution < -0.4 is 15.4 Å². The summed E-state index contributed by atoms with van der Waals surface area (Å²) in [5.41, 5.74) is 5.11. The monoisotopic (exact) mass is 472 g/mol. The van der Waals surface area contributed by atoms with Crippen LogP contribution in [0.1, 0.15) is 22.6 Å². The number of carbonyl (C=O) groups is 1. The Labute approximate surface area is 204 Å². The minimum atomic E-state index is -0.321. The van der Waals surface area contributed by atoms with Crippen molar-refractivity contribution >= 4 is 17.6 Å². The number of aromatic nitrogens is 4. The van der Waals surface area contributed by atoms with Crippen molar-refractivity contribution in [3.05, 3.63) is 89.8 Å². The molecule has 0 unspecified atom stereocenters. The molecule has 9 heteroatoms. The van der Waals surface area contributed by atoms with Gasteiger partial charge in [-0.25, -0.2) is 15.0 Å². The summed E-state index contributed by atoms with van der Waals surface area (Å²) >= 11 is 0. The van der Waals surface area contributed by atoms with Crippen LogP contribution in [0.3, 0.4) is 0 Å². The molecule has 0 saturated heterocycles. The van der Waals surface area contributed by atoms with Gasteiger partial charge in [-0.1, -0.05) is 30.3 Å². The minimum Gasteiger partial charge on any atom is -0.494 e. The molecule has 4 aromatic rings. The molecule has 0 spiro atoms. The summed E-state index contributed by atoms with van der Waals surface area (Å²) in [6.45, 7) is 4.58. The third kappa shape index (κ3) is 6.64. The first-order valence-electron chi connectivity index (χ1n) is 11.2. The van der Waals surface area contributed by atoms with Crippen LogP contribution in [-0.4, -0.2) is 39.1 Å². The van der Waals surface area contributed by atoms with Gasteiger partial charge in [-0.3, -0.25) is 4.79 Å². The standard InChI is InChI=1S/C26H28N6O3/c1-18-11-22(13-27-14-25(33)35-16-20-7-5-4-6-8-20)31-26(29-18)30-21-9-10-23(24(12-21)34-3)32-15-19(2)28-17-32/h4-12,15,17,27H,13-14,16H2,1-3H3,(H,29,30,31). The number of hydrogen-bond donors (Lipinski definition) is 2. The number of anilines is 2. The van der Waals surface area contributed by atoms with Crippen molar-refractivity contribution in [1.29, 1.82) is 0 Å². The molecule has 0 aliphatic carbocycles. The van der Waals surface area contributed by atoms with Crippen LogP contribution in [0.25, 0.3) is 5.69 Å². The van der Waals surface area contributed by atoms with Crippen molar-refractivity contribution in [3.63, 3.8) is 0 Å². The van der Waals surface area contributed by atoms with Crippen LogP contribution in [0, 0.1) is 13.8 Å². The zero-order chi connectivity index (χ0) is 24.6. The van der Waals surface area contributed by atoms with E-state index in [4.69, 9.17) is 9.47 Å². The molecule has 2 heterocycles. The molecule has 0 saturated carbocycles. The fraction of sp³-hybridized carbons (Fsp3) is 0.231. The number of carbonyl (C=O) groups excluding carboxylic acids is 1. The van der Waals surface area contributed by atoms with Crippen molar-refractivity contribution in [1.82, 2.24) is 24.8 Å². The molecule has 0 aliphatic heterocycles. The smallest absolute Gasteiger partial charge is 0.320 e. The molecule has 2 N–H and O–H groups in total. The highest BCUT2D eigenvalue weighted by molar-refractivity contribution is 5.71. The van der Waals surface area contributed by atoms with E-state index in [2.05, 4.69) is 25.6 Å². The zero-order valence-corrected chi connectivity index (χ0v) is 20.0. The molecule has 9 nitrogen and oxygen atoms in total. The Kier molecular flexibility index (Phi) is 7.69. The van der Waals surface area contributed by atoms with Crippen LogP contribution in [-0.2, 0) is 22.7 Å². The Bertz CT molecular complexity index is 1290. The van der Waals surface area contributed by atoms with Gasteiger partial charge in [0.15, 0.2) is 0 Å². The van der Waals surface area contributed by atoms with Gasteiger partial charge in [-0.05, 0) is 37.6 Å². The van der Waals surface area contributed by atoms with Gasteiger partial charge in [-0.2, -0.15) is 0 Å². The maximum absolute atomic E-state index is 12.0. The van der Waals surface area contributed by atoms with Crippen LogP contribution in [0.2, 0.25) is 0 Å². The second-order valence-corrected chi connectivity index (χ2v) is 8.01. The van der Waals surface area contributed by atoms with Gasteiger partial charge in [0.2, 0.25) is 5.95 Å². The Morgan fingerprint density at radius 3 is 2.60 bits per heavy atom. The highest BCUT2D eigenvalue weighted by Gasteiger charge is 2.10. The first kappa shape index (κ1) is 23.9. The third-order valence-electron chi connectivity index (χ3n) is 5.15. The maximum atomic E-state index is 12.0. The van der Waals surface area contributed by atoms with E-state index in [-0.39, 0.29) is 19.1 Å². The first-order chi connectivity index (χ1) is 17.0. The summed E-state index contributed by atoms with van der Waals surface area (Å²) in [6.07, 6.45) is 3.69. The van der Waals surface area contributed by atoms with Gasteiger partial charge in [0, 0.05) is 30.2 Å². The van der Waals surface area contributed by atoms with Crippen molar-refractivity contribution < 1.29 is 14.3 Å². The molecule has 2 aromatic carbocycles. The normalized spacial score (nSPS) is 10.7. The summed E-state index contributed by atoms with van der Waals surface area (Å²) in [7, 11) is 1.63. The SMILES string of the molecule is COc1cc(Nc2nc(C)cc(CNCC(=O)OCc3ccccc3)n2)ccc1-n1cnc(C)c1. The Morgan fingerprint density at radius 2 is 1.86 bits per heavy atom. The molecule has 0 atom stereocenters. The Balaban J connectivity index is 1.35. The molecule has 180 valence electrons. The van der Waals surface area contributed by atoms with Crippen LogP contribution in [0.5, 0.6) is 5.75 Å². The van der Waals surface area contributed by atoms with Gasteiger partial charge in [-0.15, -0.1) is 0 Å². The third-order valence-corrected chi connectivity index (χ3v) is 5.15. The molecule has 2 aromatic heterocycles. The van der Waals surface area contributed by atoms with E-state index >= 15 is 0 Å².